The number of carbonyl (C=O) groups is 2. The van der Waals surface area contributed by atoms with Gasteiger partial charge in [0.05, 0.1) is 22.7 Å². The molecule has 0 aliphatic carbocycles. The Bertz CT molecular complexity index is 1040. The summed E-state index contributed by atoms with van der Waals surface area (Å²) >= 11 is 1.16. The topological polar surface area (TPSA) is 144 Å². The molecule has 0 bridgehead atoms. The van der Waals surface area contributed by atoms with Crippen LogP contribution in [0.3, 0.4) is 0 Å². The van der Waals surface area contributed by atoms with Crippen molar-refractivity contribution in [3.05, 3.63) is 63.4 Å². The van der Waals surface area contributed by atoms with Crippen molar-refractivity contribution >= 4 is 34.7 Å². The quantitative estimate of drug-likeness (QED) is 0.455. The summed E-state index contributed by atoms with van der Waals surface area (Å²) in [7, 11) is 0. The Morgan fingerprint density at radius 2 is 1.89 bits per heavy atom. The summed E-state index contributed by atoms with van der Waals surface area (Å²) in [6.07, 6.45) is 0. The molecule has 0 fully saturated rings. The highest BCUT2D eigenvalue weighted by Crippen LogP contribution is 2.31. The van der Waals surface area contributed by atoms with E-state index in [-0.39, 0.29) is 11.4 Å². The number of nitrogens with zero attached hydrogens (tertiary/aromatic N) is 1. The number of aromatic amines is 1. The maximum Gasteiger partial charge on any atom is 0.355 e. The first-order valence-corrected chi connectivity index (χ1v) is 8.56. The molecule has 1 aromatic carbocycles. The fraction of sp³-hybridized carbons (Fsp3) is 0.0588. The van der Waals surface area contributed by atoms with Gasteiger partial charge in [0, 0.05) is 5.69 Å². The van der Waals surface area contributed by atoms with Gasteiger partial charge < -0.3 is 25.8 Å². The molecule has 2 heterocycles. The summed E-state index contributed by atoms with van der Waals surface area (Å²) in [5.41, 5.74) is -0.681. The Kier molecular flexibility index (Phi) is 5.29. The van der Waals surface area contributed by atoms with Crippen LogP contribution in [-0.2, 0) is 6.61 Å². The van der Waals surface area contributed by atoms with Gasteiger partial charge in [-0.25, -0.2) is 14.6 Å². The van der Waals surface area contributed by atoms with E-state index in [1.807, 2.05) is 6.07 Å². The fourth-order valence-electron chi connectivity index (χ4n) is 2.33. The average molecular weight is 386 g/mol. The van der Waals surface area contributed by atoms with Crippen molar-refractivity contribution in [1.82, 2.24) is 9.97 Å². The number of aromatic carboxylic acids is 1. The van der Waals surface area contributed by atoms with E-state index >= 15 is 0 Å². The molecule has 0 saturated carbocycles. The lowest BCUT2D eigenvalue weighted by Crippen LogP contribution is -2.22. The summed E-state index contributed by atoms with van der Waals surface area (Å²) in [6, 6.07) is 9.91. The standard InChI is InChI=1S/C17H14N4O5S/c22-8-10-12(16(24)25)20-14(21-15(10)23)13-11(6-7-27-13)19-17(26)18-9-4-2-1-3-5-9/h1-7,22H,8H2,(H,24,25)(H2,18,19,26)(H,20,21,23). The number of aliphatic hydroxyl groups is 1. The Hall–Kier alpha value is -3.50. The number of carboxylic acids is 1. The zero-order valence-electron chi connectivity index (χ0n) is 13.7. The van der Waals surface area contributed by atoms with Crippen molar-refractivity contribution < 1.29 is 19.8 Å². The Labute approximate surface area is 156 Å². The number of H-pyrrole nitrogens is 1. The molecule has 0 saturated heterocycles. The van der Waals surface area contributed by atoms with Gasteiger partial charge in [0.25, 0.3) is 5.56 Å². The molecule has 2 aromatic heterocycles. The van der Waals surface area contributed by atoms with Gasteiger partial charge in [0.1, 0.15) is 0 Å². The minimum atomic E-state index is -1.43. The lowest BCUT2D eigenvalue weighted by Gasteiger charge is -2.09. The van der Waals surface area contributed by atoms with Crippen LogP contribution in [0.2, 0.25) is 0 Å². The molecule has 0 unspecified atom stereocenters. The number of urea groups is 1. The molecule has 9 nitrogen and oxygen atoms in total. The molecular formula is C17H14N4O5S. The van der Waals surface area contributed by atoms with E-state index in [2.05, 4.69) is 20.6 Å². The van der Waals surface area contributed by atoms with E-state index in [0.29, 0.717) is 16.3 Å². The van der Waals surface area contributed by atoms with Gasteiger partial charge in [-0.1, -0.05) is 18.2 Å². The fourth-order valence-corrected chi connectivity index (χ4v) is 3.12. The van der Waals surface area contributed by atoms with E-state index in [9.17, 15) is 24.6 Å². The third kappa shape index (κ3) is 4.02. The number of anilines is 2. The van der Waals surface area contributed by atoms with Crippen LogP contribution in [0.25, 0.3) is 10.7 Å². The number of hydrogen-bond donors (Lipinski definition) is 5. The minimum Gasteiger partial charge on any atom is -0.476 e. The van der Waals surface area contributed by atoms with Crippen molar-refractivity contribution in [2.75, 3.05) is 10.6 Å². The second kappa shape index (κ2) is 7.81. The maximum absolute atomic E-state index is 12.2. The molecular weight excluding hydrogens is 372 g/mol. The van der Waals surface area contributed by atoms with Crippen molar-refractivity contribution in [1.29, 1.82) is 0 Å². The number of rotatable bonds is 5. The van der Waals surface area contributed by atoms with Gasteiger partial charge in [0.2, 0.25) is 0 Å². The van der Waals surface area contributed by atoms with Gasteiger partial charge >= 0.3 is 12.0 Å². The first-order chi connectivity index (χ1) is 13.0. The summed E-state index contributed by atoms with van der Waals surface area (Å²) in [5.74, 6) is -1.45. The average Bonchev–Trinajstić information content (AvgIpc) is 3.09. The molecule has 0 spiro atoms. The number of aromatic nitrogens is 2. The van der Waals surface area contributed by atoms with Gasteiger partial charge in [0.15, 0.2) is 11.5 Å². The number of benzene rings is 1. The summed E-state index contributed by atoms with van der Waals surface area (Å²) in [4.78, 5) is 42.3. The van der Waals surface area contributed by atoms with Crippen molar-refractivity contribution in [3.8, 4) is 10.7 Å². The molecule has 0 aliphatic heterocycles. The number of thiophene rings is 1. The molecule has 10 heteroatoms. The van der Waals surface area contributed by atoms with E-state index in [1.165, 1.54) is 0 Å². The number of aliphatic hydroxyl groups excluding tert-OH is 1. The third-order valence-electron chi connectivity index (χ3n) is 3.54. The summed E-state index contributed by atoms with van der Waals surface area (Å²) in [5, 5.41) is 25.4. The normalized spacial score (nSPS) is 10.4. The second-order valence-corrected chi connectivity index (χ2v) is 6.23. The molecule has 0 atom stereocenters. The predicted molar refractivity (Wildman–Crippen MR) is 100 cm³/mol. The number of nitrogens with one attached hydrogen (secondary N) is 3. The van der Waals surface area contributed by atoms with Gasteiger partial charge in [-0.05, 0) is 23.6 Å². The number of hydrogen-bond acceptors (Lipinski definition) is 6. The SMILES string of the molecule is O=C(Nc1ccccc1)Nc1ccsc1-c1nc(C(=O)O)c(CO)c(=O)[nH]1. The van der Waals surface area contributed by atoms with Crippen LogP contribution in [-0.4, -0.2) is 32.2 Å². The van der Waals surface area contributed by atoms with Crippen LogP contribution < -0.4 is 16.2 Å². The third-order valence-corrected chi connectivity index (χ3v) is 4.46. The van der Waals surface area contributed by atoms with Gasteiger partial charge in [-0.3, -0.25) is 4.79 Å². The summed E-state index contributed by atoms with van der Waals surface area (Å²) < 4.78 is 0. The van der Waals surface area contributed by atoms with Crippen molar-refractivity contribution in [2.45, 2.75) is 6.61 Å². The molecule has 2 amide bonds. The van der Waals surface area contributed by atoms with E-state index in [0.717, 1.165) is 11.3 Å². The Morgan fingerprint density at radius 3 is 2.56 bits per heavy atom. The monoisotopic (exact) mass is 386 g/mol. The Morgan fingerprint density at radius 1 is 1.15 bits per heavy atom. The number of amides is 2. The van der Waals surface area contributed by atoms with Crippen molar-refractivity contribution in [2.24, 2.45) is 0 Å². The first kappa shape index (κ1) is 18.3. The first-order valence-electron chi connectivity index (χ1n) is 7.68. The number of carboxylic acid groups (broad SMARTS) is 1. The molecule has 3 rings (SSSR count). The molecule has 0 radical (unpaired) electrons. The molecule has 27 heavy (non-hydrogen) atoms. The van der Waals surface area contributed by atoms with E-state index < -0.39 is 29.9 Å². The molecule has 138 valence electrons. The van der Waals surface area contributed by atoms with Crippen LogP contribution in [0.15, 0.2) is 46.6 Å². The van der Waals surface area contributed by atoms with Gasteiger partial charge in [-0.15, -0.1) is 11.3 Å². The van der Waals surface area contributed by atoms with E-state index in [1.54, 1.807) is 35.7 Å². The van der Waals surface area contributed by atoms with Crippen LogP contribution in [0, 0.1) is 0 Å². The summed E-state index contributed by atoms with van der Waals surface area (Å²) in [6.45, 7) is -0.751. The number of para-hydroxylation sites is 1. The largest absolute Gasteiger partial charge is 0.476 e. The molecule has 5 N–H and O–H groups in total. The van der Waals surface area contributed by atoms with Crippen LogP contribution in [0.1, 0.15) is 16.1 Å². The lowest BCUT2D eigenvalue weighted by molar-refractivity contribution is 0.0686. The second-order valence-electron chi connectivity index (χ2n) is 5.31. The molecule has 3 aromatic rings. The number of carbonyl (C=O) groups excluding carboxylic acids is 1. The van der Waals surface area contributed by atoms with Gasteiger partial charge in [-0.2, -0.15) is 0 Å². The zero-order chi connectivity index (χ0) is 19.4. The highest BCUT2D eigenvalue weighted by atomic mass is 32.1. The van der Waals surface area contributed by atoms with Crippen molar-refractivity contribution in [3.63, 3.8) is 0 Å². The smallest absolute Gasteiger partial charge is 0.355 e. The van der Waals surface area contributed by atoms with Crippen LogP contribution >= 0.6 is 11.3 Å². The lowest BCUT2D eigenvalue weighted by atomic mass is 10.2. The molecule has 0 aliphatic rings. The zero-order valence-corrected chi connectivity index (χ0v) is 14.5. The van der Waals surface area contributed by atoms with Crippen LogP contribution in [0.4, 0.5) is 16.2 Å². The minimum absolute atomic E-state index is 0.0142. The highest BCUT2D eigenvalue weighted by Gasteiger charge is 2.20. The highest BCUT2D eigenvalue weighted by molar-refractivity contribution is 7.14. The van der Waals surface area contributed by atoms with E-state index in [4.69, 9.17) is 0 Å². The predicted octanol–water partition coefficient (Wildman–Crippen LogP) is 2.33. The Balaban J connectivity index is 1.90. The maximum atomic E-state index is 12.2. The van der Waals surface area contributed by atoms with Crippen LogP contribution in [0.5, 0.6) is 0 Å².